The highest BCUT2D eigenvalue weighted by Crippen LogP contribution is 2.40. The van der Waals surface area contributed by atoms with Gasteiger partial charge < -0.3 is 4.90 Å². The summed E-state index contributed by atoms with van der Waals surface area (Å²) in [5.74, 6) is 1.77. The highest BCUT2D eigenvalue weighted by molar-refractivity contribution is 6.10. The highest BCUT2D eigenvalue weighted by atomic mass is 19.1. The lowest BCUT2D eigenvalue weighted by Gasteiger charge is -2.47. The van der Waals surface area contributed by atoms with Crippen molar-refractivity contribution >= 4 is 5.71 Å². The zero-order valence-electron chi connectivity index (χ0n) is 13.3. The molecule has 24 heavy (non-hydrogen) atoms. The number of fused-ring (bicyclic) bond motifs is 4. The monoisotopic (exact) mass is 326 g/mol. The van der Waals surface area contributed by atoms with Crippen molar-refractivity contribution in [1.29, 1.82) is 0 Å². The zero-order valence-corrected chi connectivity index (χ0v) is 13.3. The number of benzene rings is 1. The maximum Gasteiger partial charge on any atom is 0.201 e. The molecule has 0 N–H and O–H groups in total. The van der Waals surface area contributed by atoms with Gasteiger partial charge in [-0.2, -0.15) is 0 Å². The first-order valence-corrected chi connectivity index (χ1v) is 8.60. The smallest absolute Gasteiger partial charge is 0.201 e. The fourth-order valence-corrected chi connectivity index (χ4v) is 4.50. The maximum absolute atomic E-state index is 13.2. The summed E-state index contributed by atoms with van der Waals surface area (Å²) in [6, 6.07) is 6.60. The number of aromatic nitrogens is 4. The molecule has 3 fully saturated rings. The molecule has 1 unspecified atom stereocenters. The molecule has 1 aromatic heterocycles. The van der Waals surface area contributed by atoms with E-state index in [-0.39, 0.29) is 11.9 Å². The van der Waals surface area contributed by atoms with Gasteiger partial charge in [-0.3, -0.25) is 4.99 Å². The van der Waals surface area contributed by atoms with E-state index in [1.165, 1.54) is 38.1 Å². The Kier molecular flexibility index (Phi) is 3.22. The number of rotatable bonds is 2. The van der Waals surface area contributed by atoms with Crippen LogP contribution >= 0.6 is 0 Å². The topological polar surface area (TPSA) is 59.2 Å². The molecule has 2 aromatic rings. The molecule has 0 aliphatic carbocycles. The number of hydrogen-bond donors (Lipinski definition) is 0. The van der Waals surface area contributed by atoms with Crippen LogP contribution in [0.3, 0.4) is 0 Å². The lowest BCUT2D eigenvalue weighted by Crippen LogP contribution is -2.51. The number of nitrogens with zero attached hydrogens (tertiary/aromatic N) is 6. The third-order valence-corrected chi connectivity index (χ3v) is 5.77. The van der Waals surface area contributed by atoms with Gasteiger partial charge in [0.25, 0.3) is 0 Å². The number of piperidine rings is 3. The average molecular weight is 326 g/mol. The SMILES string of the molecule is Fc1ccc(C2=NC[C@H](C3CN4CCC3CC4)n3nnnc32)cc1. The quantitative estimate of drug-likeness (QED) is 0.840. The van der Waals surface area contributed by atoms with Crippen LogP contribution < -0.4 is 0 Å². The van der Waals surface area contributed by atoms with Gasteiger partial charge in [-0.25, -0.2) is 9.07 Å². The molecule has 0 amide bonds. The minimum absolute atomic E-state index is 0.229. The fraction of sp³-hybridized carbons (Fsp3) is 0.529. The first-order chi connectivity index (χ1) is 11.8. The molecule has 5 heterocycles. The van der Waals surface area contributed by atoms with Crippen molar-refractivity contribution in [3.05, 3.63) is 41.5 Å². The van der Waals surface area contributed by atoms with Gasteiger partial charge in [0.05, 0.1) is 12.6 Å². The average Bonchev–Trinajstić information content (AvgIpc) is 3.12. The van der Waals surface area contributed by atoms with Crippen molar-refractivity contribution in [2.24, 2.45) is 16.8 Å². The Morgan fingerprint density at radius 2 is 1.88 bits per heavy atom. The van der Waals surface area contributed by atoms with Crippen molar-refractivity contribution in [3.63, 3.8) is 0 Å². The summed E-state index contributed by atoms with van der Waals surface area (Å²) < 4.78 is 15.1. The molecule has 0 saturated carbocycles. The molecule has 124 valence electrons. The normalized spacial score (nSPS) is 31.6. The third-order valence-electron chi connectivity index (χ3n) is 5.77. The Hall–Kier alpha value is -2.15. The van der Waals surface area contributed by atoms with E-state index < -0.39 is 0 Å². The van der Waals surface area contributed by atoms with E-state index >= 15 is 0 Å². The lowest BCUT2D eigenvalue weighted by molar-refractivity contribution is 0.0206. The summed E-state index contributed by atoms with van der Waals surface area (Å²) in [4.78, 5) is 7.34. The Labute approximate surface area is 139 Å². The Morgan fingerprint density at radius 3 is 2.58 bits per heavy atom. The number of aliphatic imine (C=N–C) groups is 1. The second-order valence-electron chi connectivity index (χ2n) is 7.01. The van der Waals surface area contributed by atoms with Crippen LogP contribution in [0.4, 0.5) is 4.39 Å². The molecular weight excluding hydrogens is 307 g/mol. The van der Waals surface area contributed by atoms with Gasteiger partial charge in [-0.1, -0.05) is 0 Å². The number of halogens is 1. The second kappa shape index (κ2) is 5.44. The molecule has 0 radical (unpaired) electrons. The van der Waals surface area contributed by atoms with E-state index in [1.54, 1.807) is 12.1 Å². The molecule has 4 aliphatic heterocycles. The summed E-state index contributed by atoms with van der Waals surface area (Å²) in [5.41, 5.74) is 1.62. The zero-order chi connectivity index (χ0) is 16.1. The van der Waals surface area contributed by atoms with Crippen LogP contribution in [0.2, 0.25) is 0 Å². The maximum atomic E-state index is 13.2. The predicted molar refractivity (Wildman–Crippen MR) is 86.4 cm³/mol. The molecule has 7 heteroatoms. The number of hydrogen-bond acceptors (Lipinski definition) is 5. The second-order valence-corrected chi connectivity index (χ2v) is 7.01. The molecule has 2 bridgehead atoms. The van der Waals surface area contributed by atoms with Crippen LogP contribution in [-0.2, 0) is 0 Å². The van der Waals surface area contributed by atoms with Crippen molar-refractivity contribution in [2.45, 2.75) is 18.9 Å². The van der Waals surface area contributed by atoms with Crippen molar-refractivity contribution in [2.75, 3.05) is 26.2 Å². The van der Waals surface area contributed by atoms with Gasteiger partial charge >= 0.3 is 0 Å². The van der Waals surface area contributed by atoms with Gasteiger partial charge in [0.15, 0.2) is 0 Å². The fourth-order valence-electron chi connectivity index (χ4n) is 4.50. The van der Waals surface area contributed by atoms with Crippen molar-refractivity contribution in [3.8, 4) is 0 Å². The minimum atomic E-state index is -0.250. The van der Waals surface area contributed by atoms with E-state index in [2.05, 4.69) is 20.4 Å². The molecule has 2 atom stereocenters. The van der Waals surface area contributed by atoms with E-state index in [4.69, 9.17) is 4.99 Å². The number of tetrazole rings is 1. The van der Waals surface area contributed by atoms with Gasteiger partial charge in [0, 0.05) is 12.1 Å². The third kappa shape index (κ3) is 2.18. The van der Waals surface area contributed by atoms with Crippen LogP contribution in [0.15, 0.2) is 29.3 Å². The molecule has 6 nitrogen and oxygen atoms in total. The highest BCUT2D eigenvalue weighted by Gasteiger charge is 2.42. The van der Waals surface area contributed by atoms with E-state index in [0.717, 1.165) is 23.7 Å². The summed E-state index contributed by atoms with van der Waals surface area (Å²) in [6.07, 6.45) is 2.54. The Balaban J connectivity index is 1.49. The van der Waals surface area contributed by atoms with E-state index in [0.29, 0.717) is 18.3 Å². The Morgan fingerprint density at radius 1 is 1.08 bits per heavy atom. The van der Waals surface area contributed by atoms with E-state index in [1.807, 2.05) is 4.68 Å². The van der Waals surface area contributed by atoms with Crippen molar-refractivity contribution in [1.82, 2.24) is 25.1 Å². The first kappa shape index (κ1) is 14.2. The van der Waals surface area contributed by atoms with Crippen LogP contribution in [-0.4, -0.2) is 57.0 Å². The van der Waals surface area contributed by atoms with Gasteiger partial charge in [0.2, 0.25) is 5.82 Å². The summed E-state index contributed by atoms with van der Waals surface area (Å²) in [7, 11) is 0. The summed E-state index contributed by atoms with van der Waals surface area (Å²) >= 11 is 0. The van der Waals surface area contributed by atoms with Gasteiger partial charge in [-0.05, 0) is 72.5 Å². The van der Waals surface area contributed by atoms with E-state index in [9.17, 15) is 4.39 Å². The predicted octanol–water partition coefficient (Wildman–Crippen LogP) is 1.55. The van der Waals surface area contributed by atoms with Crippen molar-refractivity contribution < 1.29 is 4.39 Å². The largest absolute Gasteiger partial charge is 0.303 e. The molecular formula is C17H19FN6. The van der Waals surface area contributed by atoms with Crippen LogP contribution in [0.5, 0.6) is 0 Å². The standard InChI is InChI=1S/C17H19FN6/c18-13-3-1-12(2-4-13)16-17-20-21-22-24(17)15(9-19-16)14-10-23-7-5-11(14)6-8-23/h1-4,11,14-15H,5-10H2/t14?,15-/m1/s1. The molecule has 6 rings (SSSR count). The molecule has 0 spiro atoms. The molecule has 1 aromatic carbocycles. The first-order valence-electron chi connectivity index (χ1n) is 8.60. The molecule has 4 aliphatic rings. The van der Waals surface area contributed by atoms with Gasteiger partial charge in [0.1, 0.15) is 11.5 Å². The Bertz CT molecular complexity index is 775. The van der Waals surface area contributed by atoms with Crippen LogP contribution in [0.1, 0.15) is 30.3 Å². The minimum Gasteiger partial charge on any atom is -0.303 e. The van der Waals surface area contributed by atoms with Crippen LogP contribution in [0.25, 0.3) is 0 Å². The molecule has 3 saturated heterocycles. The summed E-state index contributed by atoms with van der Waals surface area (Å²) in [5, 5.41) is 12.4. The lowest BCUT2D eigenvalue weighted by atomic mass is 9.75. The summed E-state index contributed by atoms with van der Waals surface area (Å²) in [6.45, 7) is 4.26. The van der Waals surface area contributed by atoms with Crippen LogP contribution in [0, 0.1) is 17.7 Å². The van der Waals surface area contributed by atoms with Gasteiger partial charge in [-0.15, -0.1) is 5.10 Å².